The molecule has 0 bridgehead atoms. The van der Waals surface area contributed by atoms with Crippen LogP contribution < -0.4 is 10.1 Å². The van der Waals surface area contributed by atoms with Crippen LogP contribution in [0, 0.1) is 0 Å². The van der Waals surface area contributed by atoms with E-state index in [0.717, 1.165) is 5.75 Å². The highest BCUT2D eigenvalue weighted by Gasteiger charge is 2.06. The number of rotatable bonds is 4. The molecule has 0 spiro atoms. The van der Waals surface area contributed by atoms with Gasteiger partial charge in [-0.05, 0) is 38.1 Å². The number of hydrogen-bond donors (Lipinski definition) is 1. The summed E-state index contributed by atoms with van der Waals surface area (Å²) in [4.78, 5) is 15.9. The molecule has 0 atom stereocenters. The smallest absolute Gasteiger partial charge is 0.257 e. The van der Waals surface area contributed by atoms with E-state index in [1.165, 1.54) is 6.20 Å². The van der Waals surface area contributed by atoms with Gasteiger partial charge in [-0.25, -0.2) is 0 Å². The van der Waals surface area contributed by atoms with Crippen molar-refractivity contribution in [1.29, 1.82) is 0 Å². The van der Waals surface area contributed by atoms with Gasteiger partial charge >= 0.3 is 0 Å². The zero-order chi connectivity index (χ0) is 13.7. The SMILES string of the molecule is CC(C)Oc1cccc(NC(=O)c2cccnc2)c1. The Hall–Kier alpha value is -2.36. The summed E-state index contributed by atoms with van der Waals surface area (Å²) in [6, 6.07) is 10.8. The molecule has 0 fully saturated rings. The lowest BCUT2D eigenvalue weighted by Gasteiger charge is -2.11. The van der Waals surface area contributed by atoms with Gasteiger partial charge in [-0.1, -0.05) is 6.07 Å². The zero-order valence-electron chi connectivity index (χ0n) is 11.0. The van der Waals surface area contributed by atoms with Crippen LogP contribution in [0.25, 0.3) is 0 Å². The van der Waals surface area contributed by atoms with Crippen molar-refractivity contribution in [3.8, 4) is 5.75 Å². The lowest BCUT2D eigenvalue weighted by molar-refractivity contribution is 0.102. The second kappa shape index (κ2) is 6.00. The fourth-order valence-corrected chi connectivity index (χ4v) is 1.62. The molecule has 4 nitrogen and oxygen atoms in total. The first kappa shape index (κ1) is 13.1. The Kier molecular flexibility index (Phi) is 4.13. The fourth-order valence-electron chi connectivity index (χ4n) is 1.62. The Morgan fingerprint density at radius 3 is 2.79 bits per heavy atom. The van der Waals surface area contributed by atoms with Crippen LogP contribution in [0.4, 0.5) is 5.69 Å². The molecule has 2 rings (SSSR count). The molecule has 0 aliphatic carbocycles. The van der Waals surface area contributed by atoms with Gasteiger partial charge in [-0.2, -0.15) is 0 Å². The topological polar surface area (TPSA) is 51.2 Å². The Balaban J connectivity index is 2.09. The molecule has 0 unspecified atom stereocenters. The van der Waals surface area contributed by atoms with Crippen LogP contribution in [-0.2, 0) is 0 Å². The summed E-state index contributed by atoms with van der Waals surface area (Å²) < 4.78 is 5.58. The van der Waals surface area contributed by atoms with E-state index in [4.69, 9.17) is 4.74 Å². The van der Waals surface area contributed by atoms with Crippen molar-refractivity contribution in [2.24, 2.45) is 0 Å². The Morgan fingerprint density at radius 2 is 2.11 bits per heavy atom. The van der Waals surface area contributed by atoms with Crippen molar-refractivity contribution in [3.63, 3.8) is 0 Å². The highest BCUT2D eigenvalue weighted by Crippen LogP contribution is 2.19. The van der Waals surface area contributed by atoms with Crippen molar-refractivity contribution >= 4 is 11.6 Å². The highest BCUT2D eigenvalue weighted by atomic mass is 16.5. The zero-order valence-corrected chi connectivity index (χ0v) is 11.0. The van der Waals surface area contributed by atoms with Gasteiger partial charge in [0.15, 0.2) is 0 Å². The number of ether oxygens (including phenoxy) is 1. The highest BCUT2D eigenvalue weighted by molar-refractivity contribution is 6.04. The van der Waals surface area contributed by atoms with Gasteiger partial charge in [0, 0.05) is 24.1 Å². The molecule has 98 valence electrons. The number of aromatic nitrogens is 1. The minimum absolute atomic E-state index is 0.101. The number of anilines is 1. The summed E-state index contributed by atoms with van der Waals surface area (Å²) in [6.45, 7) is 3.92. The maximum Gasteiger partial charge on any atom is 0.257 e. The second-order valence-corrected chi connectivity index (χ2v) is 4.39. The average molecular weight is 256 g/mol. The predicted molar refractivity (Wildman–Crippen MR) is 74.4 cm³/mol. The van der Waals surface area contributed by atoms with E-state index in [2.05, 4.69) is 10.3 Å². The normalized spacial score (nSPS) is 10.3. The molecule has 0 aliphatic heterocycles. The number of carbonyl (C=O) groups excluding carboxylic acids is 1. The molecule has 1 aromatic heterocycles. The van der Waals surface area contributed by atoms with Crippen LogP contribution >= 0.6 is 0 Å². The van der Waals surface area contributed by atoms with Crippen LogP contribution in [0.1, 0.15) is 24.2 Å². The third-order valence-corrected chi connectivity index (χ3v) is 2.39. The van der Waals surface area contributed by atoms with Crippen molar-refractivity contribution in [3.05, 3.63) is 54.4 Å². The molecule has 0 saturated carbocycles. The molecule has 2 aromatic rings. The first-order valence-electron chi connectivity index (χ1n) is 6.13. The van der Waals surface area contributed by atoms with Crippen LogP contribution in [0.3, 0.4) is 0 Å². The number of carbonyl (C=O) groups is 1. The number of pyridine rings is 1. The third-order valence-electron chi connectivity index (χ3n) is 2.39. The van der Waals surface area contributed by atoms with E-state index >= 15 is 0 Å². The monoisotopic (exact) mass is 256 g/mol. The van der Waals surface area contributed by atoms with E-state index in [1.807, 2.05) is 32.0 Å². The molecule has 1 N–H and O–H groups in total. The average Bonchev–Trinajstić information content (AvgIpc) is 2.39. The molecule has 1 aromatic carbocycles. The number of nitrogens with one attached hydrogen (secondary N) is 1. The molecule has 19 heavy (non-hydrogen) atoms. The fraction of sp³-hybridized carbons (Fsp3) is 0.200. The van der Waals surface area contributed by atoms with E-state index in [9.17, 15) is 4.79 Å². The molecule has 0 aliphatic rings. The first-order chi connectivity index (χ1) is 9.15. The van der Waals surface area contributed by atoms with Crippen molar-refractivity contribution in [2.75, 3.05) is 5.32 Å². The summed E-state index contributed by atoms with van der Waals surface area (Å²) in [5.41, 5.74) is 1.23. The Bertz CT molecular complexity index is 553. The Morgan fingerprint density at radius 1 is 1.26 bits per heavy atom. The summed E-state index contributed by atoms with van der Waals surface area (Å²) in [7, 11) is 0. The molecule has 1 heterocycles. The van der Waals surface area contributed by atoms with E-state index in [1.54, 1.807) is 24.4 Å². The van der Waals surface area contributed by atoms with Crippen LogP contribution in [0.2, 0.25) is 0 Å². The predicted octanol–water partition coefficient (Wildman–Crippen LogP) is 3.12. The first-order valence-corrected chi connectivity index (χ1v) is 6.13. The standard InChI is InChI=1S/C15H16N2O2/c1-11(2)19-14-7-3-6-13(9-14)17-15(18)12-5-4-8-16-10-12/h3-11H,1-2H3,(H,17,18). The maximum atomic E-state index is 12.0. The van der Waals surface area contributed by atoms with Gasteiger partial charge in [0.25, 0.3) is 5.91 Å². The van der Waals surface area contributed by atoms with E-state index in [0.29, 0.717) is 11.3 Å². The Labute approximate surface area is 112 Å². The summed E-state index contributed by atoms with van der Waals surface area (Å²) in [5, 5.41) is 2.81. The summed E-state index contributed by atoms with van der Waals surface area (Å²) in [6.07, 6.45) is 3.27. The van der Waals surface area contributed by atoms with Gasteiger partial charge in [-0.3, -0.25) is 9.78 Å². The van der Waals surface area contributed by atoms with Gasteiger partial charge in [-0.15, -0.1) is 0 Å². The molecule has 0 saturated heterocycles. The van der Waals surface area contributed by atoms with Crippen LogP contribution in [-0.4, -0.2) is 17.0 Å². The quantitative estimate of drug-likeness (QED) is 0.914. The van der Waals surface area contributed by atoms with Gasteiger partial charge < -0.3 is 10.1 Å². The largest absolute Gasteiger partial charge is 0.491 e. The van der Waals surface area contributed by atoms with Gasteiger partial charge in [0.2, 0.25) is 0 Å². The maximum absolute atomic E-state index is 12.0. The van der Waals surface area contributed by atoms with Crippen molar-refractivity contribution in [1.82, 2.24) is 4.98 Å². The molecular weight excluding hydrogens is 240 g/mol. The number of benzene rings is 1. The molecule has 1 amide bonds. The van der Waals surface area contributed by atoms with Crippen molar-refractivity contribution < 1.29 is 9.53 Å². The third kappa shape index (κ3) is 3.81. The lowest BCUT2D eigenvalue weighted by Crippen LogP contribution is -2.12. The minimum atomic E-state index is -0.185. The summed E-state index contributed by atoms with van der Waals surface area (Å²) >= 11 is 0. The van der Waals surface area contributed by atoms with E-state index in [-0.39, 0.29) is 12.0 Å². The van der Waals surface area contributed by atoms with Gasteiger partial charge in [0.1, 0.15) is 5.75 Å². The van der Waals surface area contributed by atoms with Crippen LogP contribution in [0.5, 0.6) is 5.75 Å². The van der Waals surface area contributed by atoms with Crippen LogP contribution in [0.15, 0.2) is 48.8 Å². The van der Waals surface area contributed by atoms with Gasteiger partial charge in [0.05, 0.1) is 11.7 Å². The lowest BCUT2D eigenvalue weighted by atomic mass is 10.2. The minimum Gasteiger partial charge on any atom is -0.491 e. The molecule has 0 radical (unpaired) electrons. The molecule has 4 heteroatoms. The number of amides is 1. The number of nitrogens with zero attached hydrogens (tertiary/aromatic N) is 1. The summed E-state index contributed by atoms with van der Waals surface area (Å²) in [5.74, 6) is 0.550. The van der Waals surface area contributed by atoms with Crippen molar-refractivity contribution in [2.45, 2.75) is 20.0 Å². The van der Waals surface area contributed by atoms with E-state index < -0.39 is 0 Å². The molecular formula is C15H16N2O2. The number of hydrogen-bond acceptors (Lipinski definition) is 3. The second-order valence-electron chi connectivity index (χ2n) is 4.39.